The summed E-state index contributed by atoms with van der Waals surface area (Å²) < 4.78 is 5.05. The summed E-state index contributed by atoms with van der Waals surface area (Å²) in [6.07, 6.45) is 0.921. The molecule has 0 saturated heterocycles. The van der Waals surface area contributed by atoms with Crippen LogP contribution in [0.3, 0.4) is 0 Å². The highest BCUT2D eigenvalue weighted by molar-refractivity contribution is 5.79. The maximum atomic E-state index is 11.1. The van der Waals surface area contributed by atoms with Gasteiger partial charge in [-0.1, -0.05) is 19.1 Å². The molecule has 14 heavy (non-hydrogen) atoms. The van der Waals surface area contributed by atoms with E-state index in [0.29, 0.717) is 5.58 Å². The second kappa shape index (κ2) is 3.18. The summed E-state index contributed by atoms with van der Waals surface area (Å²) in [7, 11) is 0. The number of nitrogens with two attached hydrogens (primary N) is 1. The molecular formula is C11H11NO2. The van der Waals surface area contributed by atoms with E-state index in [4.69, 9.17) is 10.2 Å². The Balaban J connectivity index is 2.77. The molecule has 3 heteroatoms. The fraction of sp³-hybridized carbons (Fsp3) is 0.182. The number of anilines is 1. The molecule has 0 radical (unpaired) electrons. The van der Waals surface area contributed by atoms with Crippen molar-refractivity contribution in [1.29, 1.82) is 0 Å². The number of hydrogen-bond donors (Lipinski definition) is 1. The molecule has 0 bridgehead atoms. The first-order chi connectivity index (χ1) is 6.70. The molecule has 3 nitrogen and oxygen atoms in total. The molecule has 72 valence electrons. The molecule has 0 amide bonds. The molecule has 0 aliphatic heterocycles. The molecule has 0 fully saturated rings. The first-order valence-corrected chi connectivity index (χ1v) is 4.53. The van der Waals surface area contributed by atoms with E-state index in [0.717, 1.165) is 17.4 Å². The highest BCUT2D eigenvalue weighted by atomic mass is 16.4. The van der Waals surface area contributed by atoms with Gasteiger partial charge in [-0.25, -0.2) is 4.79 Å². The lowest BCUT2D eigenvalue weighted by Gasteiger charge is -2.00. The van der Waals surface area contributed by atoms with Crippen molar-refractivity contribution in [2.75, 3.05) is 5.73 Å². The molecule has 0 saturated carbocycles. The average molecular weight is 189 g/mol. The smallest absolute Gasteiger partial charge is 0.359 e. The highest BCUT2D eigenvalue weighted by Gasteiger charge is 2.01. The topological polar surface area (TPSA) is 56.2 Å². The van der Waals surface area contributed by atoms with Gasteiger partial charge in [-0.3, -0.25) is 0 Å². The zero-order valence-electron chi connectivity index (χ0n) is 7.91. The van der Waals surface area contributed by atoms with Crippen LogP contribution in [0.4, 0.5) is 5.69 Å². The van der Waals surface area contributed by atoms with Crippen molar-refractivity contribution in [3.63, 3.8) is 0 Å². The van der Waals surface area contributed by atoms with Crippen molar-refractivity contribution in [2.24, 2.45) is 0 Å². The lowest BCUT2D eigenvalue weighted by Crippen LogP contribution is -2.05. The summed E-state index contributed by atoms with van der Waals surface area (Å²) in [6.45, 7) is 2.05. The fourth-order valence-corrected chi connectivity index (χ4v) is 1.39. The van der Waals surface area contributed by atoms with E-state index in [1.54, 1.807) is 6.07 Å². The molecule has 2 rings (SSSR count). The zero-order chi connectivity index (χ0) is 10.1. The van der Waals surface area contributed by atoms with Crippen LogP contribution in [-0.2, 0) is 6.42 Å². The van der Waals surface area contributed by atoms with Crippen LogP contribution in [0.5, 0.6) is 0 Å². The Morgan fingerprint density at radius 3 is 2.86 bits per heavy atom. The number of hydrogen-bond acceptors (Lipinski definition) is 3. The van der Waals surface area contributed by atoms with E-state index in [2.05, 4.69) is 6.92 Å². The number of aryl methyl sites for hydroxylation is 1. The van der Waals surface area contributed by atoms with Gasteiger partial charge < -0.3 is 10.2 Å². The third-order valence-electron chi connectivity index (χ3n) is 2.24. The van der Waals surface area contributed by atoms with Crippen LogP contribution in [0.2, 0.25) is 0 Å². The summed E-state index contributed by atoms with van der Waals surface area (Å²) in [6, 6.07) is 7.42. The lowest BCUT2D eigenvalue weighted by molar-refractivity contribution is 0.564. The molecular weight excluding hydrogens is 178 g/mol. The Morgan fingerprint density at radius 1 is 1.36 bits per heavy atom. The third kappa shape index (κ3) is 1.37. The summed E-state index contributed by atoms with van der Waals surface area (Å²) in [5, 5.41) is 0.860. The number of benzene rings is 1. The van der Waals surface area contributed by atoms with Crippen LogP contribution < -0.4 is 11.4 Å². The maximum absolute atomic E-state index is 11.1. The van der Waals surface area contributed by atoms with Crippen molar-refractivity contribution in [2.45, 2.75) is 13.3 Å². The minimum atomic E-state index is -0.467. The molecule has 0 atom stereocenters. The minimum absolute atomic E-state index is 0.154. The van der Waals surface area contributed by atoms with Gasteiger partial charge in [0.25, 0.3) is 0 Å². The van der Waals surface area contributed by atoms with Crippen molar-refractivity contribution in [3.05, 3.63) is 40.2 Å². The summed E-state index contributed by atoms with van der Waals surface area (Å²) in [5.74, 6) is 0. The molecule has 1 aromatic heterocycles. The predicted octanol–water partition coefficient (Wildman–Crippen LogP) is 1.94. The highest BCUT2D eigenvalue weighted by Crippen LogP contribution is 2.16. The fourth-order valence-electron chi connectivity index (χ4n) is 1.39. The predicted molar refractivity (Wildman–Crippen MR) is 56.3 cm³/mol. The van der Waals surface area contributed by atoms with Gasteiger partial charge in [-0.05, 0) is 24.1 Å². The Morgan fingerprint density at radius 2 is 2.14 bits per heavy atom. The van der Waals surface area contributed by atoms with Crippen LogP contribution in [-0.4, -0.2) is 0 Å². The second-order valence-corrected chi connectivity index (χ2v) is 3.21. The van der Waals surface area contributed by atoms with Gasteiger partial charge >= 0.3 is 5.63 Å². The molecule has 0 aliphatic rings. The van der Waals surface area contributed by atoms with E-state index >= 15 is 0 Å². The van der Waals surface area contributed by atoms with Crippen molar-refractivity contribution >= 4 is 16.7 Å². The van der Waals surface area contributed by atoms with Crippen LogP contribution in [0.1, 0.15) is 12.5 Å². The van der Waals surface area contributed by atoms with Gasteiger partial charge in [0.05, 0.1) is 0 Å². The number of rotatable bonds is 1. The molecule has 0 aliphatic carbocycles. The first-order valence-electron chi connectivity index (χ1n) is 4.53. The average Bonchev–Trinajstić information content (AvgIpc) is 2.19. The Kier molecular flexibility index (Phi) is 2.00. The monoisotopic (exact) mass is 189 g/mol. The first kappa shape index (κ1) is 8.81. The van der Waals surface area contributed by atoms with Gasteiger partial charge in [-0.15, -0.1) is 0 Å². The van der Waals surface area contributed by atoms with Crippen molar-refractivity contribution < 1.29 is 4.42 Å². The molecule has 2 aromatic rings. The van der Waals surface area contributed by atoms with Crippen LogP contribution in [0.25, 0.3) is 11.0 Å². The third-order valence-corrected chi connectivity index (χ3v) is 2.24. The Labute approximate surface area is 81.1 Å². The summed E-state index contributed by atoms with van der Waals surface area (Å²) in [5.41, 5.74) is 6.88. The van der Waals surface area contributed by atoms with Gasteiger partial charge in [0, 0.05) is 5.39 Å². The van der Waals surface area contributed by atoms with Gasteiger partial charge in [0.1, 0.15) is 11.3 Å². The van der Waals surface area contributed by atoms with Crippen LogP contribution >= 0.6 is 0 Å². The van der Waals surface area contributed by atoms with E-state index in [9.17, 15) is 4.79 Å². The van der Waals surface area contributed by atoms with Gasteiger partial charge in [-0.2, -0.15) is 0 Å². The standard InChI is InChI=1S/C11H11NO2/c1-2-7-3-4-8-6-9(12)11(13)14-10(8)5-7/h3-6H,2,12H2,1H3. The lowest BCUT2D eigenvalue weighted by atomic mass is 10.1. The van der Waals surface area contributed by atoms with E-state index in [-0.39, 0.29) is 5.69 Å². The SMILES string of the molecule is CCc1ccc2cc(N)c(=O)oc2c1. The van der Waals surface area contributed by atoms with E-state index in [1.165, 1.54) is 0 Å². The maximum Gasteiger partial charge on any atom is 0.359 e. The van der Waals surface area contributed by atoms with E-state index in [1.807, 2.05) is 18.2 Å². The van der Waals surface area contributed by atoms with Crippen LogP contribution in [0, 0.1) is 0 Å². The Bertz CT molecular complexity index is 528. The number of nitrogen functional groups attached to an aromatic ring is 1. The van der Waals surface area contributed by atoms with Gasteiger partial charge in [0.2, 0.25) is 0 Å². The molecule has 1 aromatic carbocycles. The normalized spacial score (nSPS) is 10.6. The van der Waals surface area contributed by atoms with Crippen molar-refractivity contribution in [1.82, 2.24) is 0 Å². The largest absolute Gasteiger partial charge is 0.421 e. The molecule has 1 heterocycles. The minimum Gasteiger partial charge on any atom is -0.421 e. The second-order valence-electron chi connectivity index (χ2n) is 3.21. The zero-order valence-corrected chi connectivity index (χ0v) is 7.91. The molecule has 0 spiro atoms. The Hall–Kier alpha value is -1.77. The van der Waals surface area contributed by atoms with E-state index < -0.39 is 5.63 Å². The quantitative estimate of drug-likeness (QED) is 0.697. The van der Waals surface area contributed by atoms with Crippen molar-refractivity contribution in [3.8, 4) is 0 Å². The molecule has 0 unspecified atom stereocenters. The summed E-state index contributed by atoms with van der Waals surface area (Å²) >= 11 is 0. The van der Waals surface area contributed by atoms with Gasteiger partial charge in [0.15, 0.2) is 0 Å². The van der Waals surface area contributed by atoms with Crippen LogP contribution in [0.15, 0.2) is 33.5 Å². The molecule has 2 N–H and O–H groups in total. The summed E-state index contributed by atoms with van der Waals surface area (Å²) in [4.78, 5) is 11.1. The number of fused-ring (bicyclic) bond motifs is 1.